The summed E-state index contributed by atoms with van der Waals surface area (Å²) in [5.74, 6) is 0.0601. The number of esters is 1. The minimum atomic E-state index is -4.40. The lowest BCUT2D eigenvalue weighted by Crippen LogP contribution is -2.06. The van der Waals surface area contributed by atoms with Gasteiger partial charge in [0.15, 0.2) is 0 Å². The van der Waals surface area contributed by atoms with Crippen molar-refractivity contribution < 1.29 is 27.4 Å². The van der Waals surface area contributed by atoms with E-state index in [1.807, 2.05) is 28.7 Å². The van der Waals surface area contributed by atoms with Crippen LogP contribution in [0, 0.1) is 0 Å². The maximum atomic E-state index is 12.9. The Bertz CT molecular complexity index is 1230. The van der Waals surface area contributed by atoms with Gasteiger partial charge in [-0.1, -0.05) is 30.3 Å². The zero-order valence-electron chi connectivity index (χ0n) is 16.1. The summed E-state index contributed by atoms with van der Waals surface area (Å²) in [6, 6.07) is 15.9. The van der Waals surface area contributed by atoms with Gasteiger partial charge in [-0.05, 0) is 42.8 Å². The van der Waals surface area contributed by atoms with Crippen molar-refractivity contribution in [3.63, 3.8) is 0 Å². The van der Waals surface area contributed by atoms with E-state index in [0.29, 0.717) is 22.4 Å². The summed E-state index contributed by atoms with van der Waals surface area (Å²) in [5, 5.41) is 0.756. The third-order valence-corrected chi connectivity index (χ3v) is 4.75. The number of halogens is 3. The van der Waals surface area contributed by atoms with Crippen LogP contribution in [0.25, 0.3) is 16.4 Å². The monoisotopic (exact) mass is 413 g/mol. The topological polar surface area (TPSA) is 39.9 Å². The molecule has 0 bridgehead atoms. The third kappa shape index (κ3) is 3.70. The molecule has 0 unspecified atom stereocenters. The van der Waals surface area contributed by atoms with Crippen LogP contribution in [-0.4, -0.2) is 17.0 Å². The predicted octanol–water partition coefficient (Wildman–Crippen LogP) is 5.87. The van der Waals surface area contributed by atoms with Crippen molar-refractivity contribution in [3.8, 4) is 5.75 Å². The molecule has 0 N–H and O–H groups in total. The average molecular weight is 413 g/mol. The Morgan fingerprint density at radius 2 is 1.80 bits per heavy atom. The van der Waals surface area contributed by atoms with E-state index >= 15 is 0 Å². The largest absolute Gasteiger partial charge is 0.487 e. The van der Waals surface area contributed by atoms with Gasteiger partial charge in [0.25, 0.3) is 0 Å². The Morgan fingerprint density at radius 3 is 2.57 bits per heavy atom. The quantitative estimate of drug-likeness (QED) is 0.385. The fourth-order valence-corrected chi connectivity index (χ4v) is 3.42. The fraction of sp³-hybridized carbons (Fsp3) is 0.174. The molecule has 154 valence electrons. The number of fused-ring (bicyclic) bond motifs is 3. The number of pyridine rings is 1. The molecule has 0 atom stereocenters. The molecule has 30 heavy (non-hydrogen) atoms. The third-order valence-electron chi connectivity index (χ3n) is 4.75. The van der Waals surface area contributed by atoms with E-state index in [1.54, 1.807) is 31.3 Å². The Kier molecular flexibility index (Phi) is 5.11. The summed E-state index contributed by atoms with van der Waals surface area (Å²) >= 11 is 0. The lowest BCUT2D eigenvalue weighted by molar-refractivity contribution is -0.137. The van der Waals surface area contributed by atoms with E-state index in [-0.39, 0.29) is 13.2 Å². The Hall–Kier alpha value is -3.48. The van der Waals surface area contributed by atoms with E-state index in [1.165, 1.54) is 6.07 Å². The molecule has 0 saturated carbocycles. The van der Waals surface area contributed by atoms with E-state index in [9.17, 15) is 18.0 Å². The number of carbonyl (C=O) groups excluding carboxylic acids is 1. The molecule has 7 heteroatoms. The Balaban J connectivity index is 1.67. The smallest absolute Gasteiger partial charge is 0.416 e. The van der Waals surface area contributed by atoms with E-state index in [4.69, 9.17) is 9.47 Å². The second-order valence-electron chi connectivity index (χ2n) is 6.72. The molecule has 4 rings (SSSR count). The number of carbonyl (C=O) groups is 1. The second-order valence-corrected chi connectivity index (χ2v) is 6.72. The predicted molar refractivity (Wildman–Crippen MR) is 107 cm³/mol. The molecule has 4 aromatic rings. The van der Waals surface area contributed by atoms with Crippen LogP contribution in [-0.2, 0) is 17.5 Å². The maximum absolute atomic E-state index is 12.9. The molecule has 2 heterocycles. The number of hydrogen-bond donors (Lipinski definition) is 0. The maximum Gasteiger partial charge on any atom is 0.416 e. The first-order valence-electron chi connectivity index (χ1n) is 9.37. The van der Waals surface area contributed by atoms with Crippen molar-refractivity contribution in [3.05, 3.63) is 83.6 Å². The van der Waals surface area contributed by atoms with Crippen molar-refractivity contribution in [2.75, 3.05) is 6.61 Å². The van der Waals surface area contributed by atoms with Crippen LogP contribution >= 0.6 is 0 Å². The number of rotatable bonds is 5. The van der Waals surface area contributed by atoms with E-state index in [0.717, 1.165) is 23.0 Å². The van der Waals surface area contributed by atoms with Gasteiger partial charge in [-0.25, -0.2) is 4.79 Å². The number of hydrogen-bond acceptors (Lipinski definition) is 3. The summed E-state index contributed by atoms with van der Waals surface area (Å²) in [5.41, 5.74) is 1.64. The van der Waals surface area contributed by atoms with Crippen LogP contribution < -0.4 is 4.74 Å². The molecular weight excluding hydrogens is 395 g/mol. The minimum Gasteiger partial charge on any atom is -0.487 e. The highest BCUT2D eigenvalue weighted by atomic mass is 19.4. The van der Waals surface area contributed by atoms with Crippen LogP contribution in [0.15, 0.2) is 66.9 Å². The standard InChI is InChI=1S/C23H18F3NO3/c1-2-29-22(28)21-18-8-3-4-9-19(18)27-13-17(10-11-20(21)27)30-14-15-6-5-7-16(12-15)23(24,25)26/h3-13H,2,14H2,1H3. The van der Waals surface area contributed by atoms with Crippen molar-refractivity contribution >= 4 is 22.4 Å². The molecule has 4 nitrogen and oxygen atoms in total. The first-order chi connectivity index (χ1) is 14.4. The van der Waals surface area contributed by atoms with Crippen molar-refractivity contribution in [2.45, 2.75) is 19.7 Å². The molecule has 0 aliphatic heterocycles. The van der Waals surface area contributed by atoms with Gasteiger partial charge in [-0.3, -0.25) is 0 Å². The lowest BCUT2D eigenvalue weighted by Gasteiger charge is -2.10. The van der Waals surface area contributed by atoms with Gasteiger partial charge in [-0.15, -0.1) is 0 Å². The van der Waals surface area contributed by atoms with Crippen LogP contribution in [0.4, 0.5) is 13.2 Å². The summed E-state index contributed by atoms with van der Waals surface area (Å²) in [4.78, 5) is 12.5. The summed E-state index contributed by atoms with van der Waals surface area (Å²) in [6.45, 7) is 2.00. The number of alkyl halides is 3. The zero-order chi connectivity index (χ0) is 21.3. The number of nitrogens with zero attached hydrogens (tertiary/aromatic N) is 1. The van der Waals surface area contributed by atoms with Crippen LogP contribution in [0.2, 0.25) is 0 Å². The zero-order valence-corrected chi connectivity index (χ0v) is 16.1. The van der Waals surface area contributed by atoms with E-state index in [2.05, 4.69) is 0 Å². The van der Waals surface area contributed by atoms with Crippen molar-refractivity contribution in [1.82, 2.24) is 4.40 Å². The number of para-hydroxylation sites is 1. The molecule has 2 aromatic heterocycles. The van der Waals surface area contributed by atoms with Gasteiger partial charge in [-0.2, -0.15) is 13.2 Å². The molecule has 0 aliphatic rings. The molecule has 0 fully saturated rings. The first kappa shape index (κ1) is 19.8. The highest BCUT2D eigenvalue weighted by molar-refractivity contribution is 6.11. The van der Waals surface area contributed by atoms with Gasteiger partial charge in [0.1, 0.15) is 12.4 Å². The minimum absolute atomic E-state index is 0.0145. The normalized spacial score (nSPS) is 11.7. The number of benzene rings is 2. The number of ether oxygens (including phenoxy) is 2. The van der Waals surface area contributed by atoms with Gasteiger partial charge in [0.05, 0.1) is 35.0 Å². The highest BCUT2D eigenvalue weighted by Crippen LogP contribution is 2.31. The van der Waals surface area contributed by atoms with Gasteiger partial charge in [0.2, 0.25) is 0 Å². The molecule has 0 spiro atoms. The van der Waals surface area contributed by atoms with Gasteiger partial charge < -0.3 is 13.9 Å². The van der Waals surface area contributed by atoms with Crippen LogP contribution in [0.5, 0.6) is 5.75 Å². The molecule has 0 radical (unpaired) electrons. The SMILES string of the molecule is CCOC(=O)c1c2ccccc2n2cc(OCc3cccc(C(F)(F)F)c3)ccc12. The van der Waals surface area contributed by atoms with Gasteiger partial charge in [0, 0.05) is 5.39 Å². The van der Waals surface area contributed by atoms with Gasteiger partial charge >= 0.3 is 12.1 Å². The molecular formula is C23H18F3NO3. The van der Waals surface area contributed by atoms with Crippen LogP contribution in [0.3, 0.4) is 0 Å². The Labute approximate surface area is 170 Å². The van der Waals surface area contributed by atoms with Crippen molar-refractivity contribution in [2.24, 2.45) is 0 Å². The highest BCUT2D eigenvalue weighted by Gasteiger charge is 2.30. The molecule has 0 amide bonds. The van der Waals surface area contributed by atoms with Crippen molar-refractivity contribution in [1.29, 1.82) is 0 Å². The number of aromatic nitrogens is 1. The fourth-order valence-electron chi connectivity index (χ4n) is 3.42. The van der Waals surface area contributed by atoms with E-state index < -0.39 is 17.7 Å². The molecule has 0 aliphatic carbocycles. The van der Waals surface area contributed by atoms with Crippen LogP contribution in [0.1, 0.15) is 28.4 Å². The Morgan fingerprint density at radius 1 is 1.00 bits per heavy atom. The molecule has 2 aromatic carbocycles. The lowest BCUT2D eigenvalue weighted by atomic mass is 10.1. The first-order valence-corrected chi connectivity index (χ1v) is 9.37. The average Bonchev–Trinajstić information content (AvgIpc) is 3.06. The second kappa shape index (κ2) is 7.74. The summed E-state index contributed by atoms with van der Waals surface area (Å²) in [6.07, 6.45) is -2.68. The summed E-state index contributed by atoms with van der Waals surface area (Å²) in [7, 11) is 0. The summed E-state index contributed by atoms with van der Waals surface area (Å²) < 4.78 is 51.4. The molecule has 0 saturated heterocycles.